The number of pyridine rings is 2. The summed E-state index contributed by atoms with van der Waals surface area (Å²) in [4.78, 5) is 22.4. The second-order valence-corrected chi connectivity index (χ2v) is 8.17. The second-order valence-electron chi connectivity index (χ2n) is 7.10. The van der Waals surface area contributed by atoms with Gasteiger partial charge in [0.15, 0.2) is 28.8 Å². The number of amides is 1. The lowest BCUT2D eigenvalue weighted by Gasteiger charge is -2.26. The molecule has 3 heterocycles. The summed E-state index contributed by atoms with van der Waals surface area (Å²) >= 11 is 1.04. The van der Waals surface area contributed by atoms with Gasteiger partial charge >= 0.3 is 0 Å². The molecule has 0 radical (unpaired) electrons. The molecule has 168 valence electrons. The van der Waals surface area contributed by atoms with E-state index in [1.54, 1.807) is 38.5 Å². The van der Waals surface area contributed by atoms with Crippen molar-refractivity contribution >= 4 is 51.2 Å². The zero-order valence-electron chi connectivity index (χ0n) is 17.8. The molecule has 11 heteroatoms. The zero-order valence-corrected chi connectivity index (χ0v) is 18.6. The first kappa shape index (κ1) is 22.2. The Bertz CT molecular complexity index is 1410. The summed E-state index contributed by atoms with van der Waals surface area (Å²) in [5, 5.41) is 17.2. The van der Waals surface area contributed by atoms with Gasteiger partial charge < -0.3 is 15.4 Å². The average molecular weight is 466 g/mol. The number of nitrogens with zero attached hydrogens (tertiary/aromatic N) is 4. The summed E-state index contributed by atoms with van der Waals surface area (Å²) < 4.78 is 21.3. The van der Waals surface area contributed by atoms with Crippen molar-refractivity contribution in [2.75, 3.05) is 25.6 Å². The summed E-state index contributed by atoms with van der Waals surface area (Å²) in [5.74, 6) is -0.426. The number of carbonyl (C=O) groups excluding carboxylic acids is 1. The van der Waals surface area contributed by atoms with Crippen LogP contribution in [0.25, 0.3) is 16.5 Å². The molecule has 1 aliphatic rings. The third-order valence-corrected chi connectivity index (χ3v) is 5.96. The van der Waals surface area contributed by atoms with Crippen LogP contribution in [0.5, 0.6) is 5.75 Å². The van der Waals surface area contributed by atoms with Crippen LogP contribution in [-0.2, 0) is 4.79 Å². The number of hydrogen-bond acceptors (Lipinski definition) is 8. The van der Waals surface area contributed by atoms with Crippen molar-refractivity contribution in [3.05, 3.63) is 59.7 Å². The van der Waals surface area contributed by atoms with E-state index < -0.39 is 11.3 Å². The molecular weight excluding hydrogens is 445 g/mol. The minimum atomic E-state index is -0.792. The number of anilines is 1. The van der Waals surface area contributed by atoms with Crippen molar-refractivity contribution in [1.29, 1.82) is 10.8 Å². The number of aromatic nitrogens is 2. The van der Waals surface area contributed by atoms with E-state index in [0.717, 1.165) is 16.3 Å². The lowest BCUT2D eigenvalue weighted by Crippen LogP contribution is -2.35. The molecule has 9 nitrogen and oxygen atoms in total. The number of ether oxygens (including phenoxy) is 1. The van der Waals surface area contributed by atoms with Gasteiger partial charge in [-0.3, -0.25) is 30.2 Å². The number of fused-ring (bicyclic) bond motifs is 3. The normalized spacial score (nSPS) is 14.0. The van der Waals surface area contributed by atoms with E-state index in [4.69, 9.17) is 21.3 Å². The van der Waals surface area contributed by atoms with Crippen LogP contribution in [-0.4, -0.2) is 47.5 Å². The number of hydrogen-bond donors (Lipinski definition) is 3. The number of nitrogens with one attached hydrogen (secondary N) is 2. The molecule has 4 N–H and O–H groups in total. The topological polar surface area (TPSA) is 133 Å². The highest BCUT2D eigenvalue weighted by Crippen LogP contribution is 2.38. The van der Waals surface area contributed by atoms with Crippen molar-refractivity contribution in [3.8, 4) is 5.75 Å². The van der Waals surface area contributed by atoms with Crippen molar-refractivity contribution in [3.63, 3.8) is 0 Å². The number of benzene rings is 1. The number of rotatable bonds is 3. The van der Waals surface area contributed by atoms with Crippen molar-refractivity contribution in [1.82, 2.24) is 9.55 Å². The van der Waals surface area contributed by atoms with E-state index >= 15 is 0 Å². The molecule has 2 aromatic heterocycles. The van der Waals surface area contributed by atoms with Crippen LogP contribution in [0, 0.1) is 16.6 Å². The zero-order chi connectivity index (χ0) is 23.7. The van der Waals surface area contributed by atoms with Gasteiger partial charge in [0.1, 0.15) is 5.69 Å². The molecule has 0 atom stereocenters. The van der Waals surface area contributed by atoms with Gasteiger partial charge in [0, 0.05) is 54.1 Å². The van der Waals surface area contributed by atoms with E-state index in [9.17, 15) is 9.18 Å². The predicted octanol–water partition coefficient (Wildman–Crippen LogP) is 2.59. The molecular formula is C22H20FN7O2S. The minimum Gasteiger partial charge on any atom is -0.481 e. The van der Waals surface area contributed by atoms with E-state index in [2.05, 4.69) is 9.98 Å². The van der Waals surface area contributed by atoms with Gasteiger partial charge in [-0.05, 0) is 24.3 Å². The first-order valence-electron chi connectivity index (χ1n) is 9.74. The van der Waals surface area contributed by atoms with Gasteiger partial charge in [0.2, 0.25) is 0 Å². The van der Waals surface area contributed by atoms with Gasteiger partial charge in [0.05, 0.1) is 11.7 Å². The number of likely N-dealkylation sites (N-methyl/N-ethyl adjacent to an activating group) is 1. The van der Waals surface area contributed by atoms with E-state index in [0.29, 0.717) is 38.4 Å². The Morgan fingerprint density at radius 3 is 2.91 bits per heavy atom. The Balaban J connectivity index is 1.72. The van der Waals surface area contributed by atoms with Crippen LogP contribution in [0.2, 0.25) is 0 Å². The van der Waals surface area contributed by atoms with Gasteiger partial charge in [-0.2, -0.15) is 0 Å². The molecule has 1 amide bonds. The lowest BCUT2D eigenvalue weighted by molar-refractivity contribution is -0.120. The predicted molar refractivity (Wildman–Crippen MR) is 126 cm³/mol. The van der Waals surface area contributed by atoms with Crippen LogP contribution >= 0.6 is 11.8 Å². The summed E-state index contributed by atoms with van der Waals surface area (Å²) in [6.07, 6.45) is 5.81. The SMILES string of the molecule is CN=CC(=CN)c1cc(F)c(=N)n(C(=N)Sc2ccc3ncc4c(c3c2)OCC(=O)N4C)c1. The molecule has 0 fully saturated rings. The molecule has 1 aliphatic heterocycles. The largest absolute Gasteiger partial charge is 0.481 e. The third-order valence-electron chi connectivity index (χ3n) is 5.08. The number of halogens is 1. The summed E-state index contributed by atoms with van der Waals surface area (Å²) in [6, 6.07) is 6.53. The molecule has 4 rings (SSSR count). The molecule has 1 aromatic carbocycles. The van der Waals surface area contributed by atoms with E-state index in [-0.39, 0.29) is 17.7 Å². The van der Waals surface area contributed by atoms with E-state index in [1.807, 2.05) is 0 Å². The maximum atomic E-state index is 14.5. The highest BCUT2D eigenvalue weighted by Gasteiger charge is 2.25. The molecule has 3 aromatic rings. The second kappa shape index (κ2) is 8.87. The van der Waals surface area contributed by atoms with Gasteiger partial charge in [-0.1, -0.05) is 11.8 Å². The van der Waals surface area contributed by atoms with Crippen molar-refractivity contribution < 1.29 is 13.9 Å². The van der Waals surface area contributed by atoms with Crippen LogP contribution in [0.3, 0.4) is 0 Å². The molecule has 0 aliphatic carbocycles. The average Bonchev–Trinajstić information content (AvgIpc) is 2.81. The van der Waals surface area contributed by atoms with Crippen LogP contribution < -0.4 is 20.9 Å². The van der Waals surface area contributed by atoms with Crippen LogP contribution in [0.1, 0.15) is 5.56 Å². The van der Waals surface area contributed by atoms with Gasteiger partial charge in [-0.15, -0.1) is 0 Å². The smallest absolute Gasteiger partial charge is 0.264 e. The summed E-state index contributed by atoms with van der Waals surface area (Å²) in [7, 11) is 3.22. The Morgan fingerprint density at radius 2 is 2.18 bits per heavy atom. The maximum absolute atomic E-state index is 14.5. The van der Waals surface area contributed by atoms with Gasteiger partial charge in [-0.25, -0.2) is 4.39 Å². The van der Waals surface area contributed by atoms with E-state index in [1.165, 1.54) is 29.6 Å². The first-order valence-corrected chi connectivity index (χ1v) is 10.6. The standard InChI is InChI=1S/C22H20FN7O2S/c1-27-8-13(7-24)12-5-16(23)21(25)30(10-12)22(26)33-14-3-4-17-15(6-14)20-18(9-28-17)29(2)19(31)11-32-20/h3-10,25-26H,11,24H2,1-2H3. The van der Waals surface area contributed by atoms with Crippen molar-refractivity contribution in [2.24, 2.45) is 10.7 Å². The van der Waals surface area contributed by atoms with Crippen molar-refractivity contribution in [2.45, 2.75) is 4.90 Å². The maximum Gasteiger partial charge on any atom is 0.264 e. The highest BCUT2D eigenvalue weighted by atomic mass is 32.2. The number of nitrogens with two attached hydrogens (primary N) is 1. The molecule has 0 bridgehead atoms. The fraction of sp³-hybridized carbons (Fsp3) is 0.136. The summed E-state index contributed by atoms with van der Waals surface area (Å²) in [6.45, 7) is -0.0714. The number of allylic oxidation sites excluding steroid dienone is 1. The quantitative estimate of drug-likeness (QED) is 0.311. The molecule has 33 heavy (non-hydrogen) atoms. The Hall–Kier alpha value is -3.99. The Morgan fingerprint density at radius 1 is 1.39 bits per heavy atom. The molecule has 0 spiro atoms. The fourth-order valence-electron chi connectivity index (χ4n) is 3.35. The molecule has 0 unspecified atom stereocenters. The number of aliphatic imine (C=N–C) groups is 1. The first-order chi connectivity index (χ1) is 15.8. The molecule has 0 saturated heterocycles. The minimum absolute atomic E-state index is 0.0714. The highest BCUT2D eigenvalue weighted by molar-refractivity contribution is 8.13. The third kappa shape index (κ3) is 4.10. The summed E-state index contributed by atoms with van der Waals surface area (Å²) in [5.41, 5.74) is 7.25. The lowest BCUT2D eigenvalue weighted by atomic mass is 10.1. The van der Waals surface area contributed by atoms with Crippen LogP contribution in [0.4, 0.5) is 10.1 Å². The molecule has 0 saturated carbocycles. The number of thioether (sulfide) groups is 1. The Labute approximate surface area is 192 Å². The number of carbonyl (C=O) groups is 1. The van der Waals surface area contributed by atoms with Crippen LogP contribution in [0.15, 0.2) is 52.7 Å². The fourth-order valence-corrected chi connectivity index (χ4v) is 4.13. The monoisotopic (exact) mass is 465 g/mol. The Kier molecular flexibility index (Phi) is 5.97. The van der Waals surface area contributed by atoms with Gasteiger partial charge in [0.25, 0.3) is 5.91 Å².